The lowest BCUT2D eigenvalue weighted by atomic mass is 9.80. The minimum Gasteiger partial charge on any atom is -0.314 e. The molecule has 86 valence electrons. The standard InChI is InChI=1S/C13H29N/c1-7-12(8-2)13(14-9-3)11(6)10(4)5/h10-14H,7-9H2,1-6H3. The fraction of sp³-hybridized carbons (Fsp3) is 1.00. The van der Waals surface area contributed by atoms with Gasteiger partial charge in [0.1, 0.15) is 0 Å². The van der Waals surface area contributed by atoms with Gasteiger partial charge in [0.05, 0.1) is 0 Å². The number of nitrogens with one attached hydrogen (secondary N) is 1. The minimum absolute atomic E-state index is 0.704. The molecular weight excluding hydrogens is 170 g/mol. The Morgan fingerprint density at radius 1 is 0.929 bits per heavy atom. The summed E-state index contributed by atoms with van der Waals surface area (Å²) < 4.78 is 0. The Labute approximate surface area is 90.7 Å². The van der Waals surface area contributed by atoms with E-state index in [9.17, 15) is 0 Å². The van der Waals surface area contributed by atoms with Crippen LogP contribution in [0.2, 0.25) is 0 Å². The molecule has 1 N–H and O–H groups in total. The molecule has 0 aliphatic rings. The van der Waals surface area contributed by atoms with Crippen molar-refractivity contribution in [3.8, 4) is 0 Å². The first-order valence-corrected chi connectivity index (χ1v) is 6.31. The van der Waals surface area contributed by atoms with Gasteiger partial charge in [-0.2, -0.15) is 0 Å². The van der Waals surface area contributed by atoms with Crippen LogP contribution in [0.3, 0.4) is 0 Å². The van der Waals surface area contributed by atoms with Gasteiger partial charge in [0.25, 0.3) is 0 Å². The van der Waals surface area contributed by atoms with Gasteiger partial charge in [-0.3, -0.25) is 0 Å². The predicted molar refractivity (Wildman–Crippen MR) is 65.5 cm³/mol. The monoisotopic (exact) mass is 199 g/mol. The third-order valence-electron chi connectivity index (χ3n) is 3.61. The van der Waals surface area contributed by atoms with Crippen molar-refractivity contribution >= 4 is 0 Å². The van der Waals surface area contributed by atoms with Crippen molar-refractivity contribution in [3.05, 3.63) is 0 Å². The van der Waals surface area contributed by atoms with Crippen LogP contribution in [0.1, 0.15) is 54.4 Å². The Balaban J connectivity index is 4.38. The van der Waals surface area contributed by atoms with E-state index in [1.54, 1.807) is 0 Å². The number of rotatable bonds is 7. The Bertz CT molecular complexity index is 125. The van der Waals surface area contributed by atoms with Crippen LogP contribution in [0, 0.1) is 17.8 Å². The highest BCUT2D eigenvalue weighted by atomic mass is 14.9. The molecule has 0 aliphatic carbocycles. The van der Waals surface area contributed by atoms with Crippen LogP contribution in [0.5, 0.6) is 0 Å². The van der Waals surface area contributed by atoms with Crippen molar-refractivity contribution in [1.82, 2.24) is 5.32 Å². The summed E-state index contributed by atoms with van der Waals surface area (Å²) in [6.45, 7) is 15.0. The van der Waals surface area contributed by atoms with Gasteiger partial charge in [-0.15, -0.1) is 0 Å². The van der Waals surface area contributed by atoms with Crippen molar-refractivity contribution in [2.24, 2.45) is 17.8 Å². The minimum atomic E-state index is 0.704. The van der Waals surface area contributed by atoms with Crippen molar-refractivity contribution in [2.45, 2.75) is 60.4 Å². The molecule has 0 aromatic rings. The summed E-state index contributed by atoms with van der Waals surface area (Å²) in [6.07, 6.45) is 2.59. The molecule has 2 atom stereocenters. The van der Waals surface area contributed by atoms with Crippen LogP contribution < -0.4 is 5.32 Å². The predicted octanol–water partition coefficient (Wildman–Crippen LogP) is 3.69. The van der Waals surface area contributed by atoms with Crippen molar-refractivity contribution in [2.75, 3.05) is 6.54 Å². The summed E-state index contributed by atoms with van der Waals surface area (Å²) >= 11 is 0. The van der Waals surface area contributed by atoms with E-state index in [0.29, 0.717) is 6.04 Å². The van der Waals surface area contributed by atoms with Gasteiger partial charge in [-0.05, 0) is 24.3 Å². The van der Waals surface area contributed by atoms with Crippen molar-refractivity contribution < 1.29 is 0 Å². The molecule has 0 saturated carbocycles. The quantitative estimate of drug-likeness (QED) is 0.659. The number of hydrogen-bond donors (Lipinski definition) is 1. The van der Waals surface area contributed by atoms with Crippen molar-refractivity contribution in [3.63, 3.8) is 0 Å². The molecule has 0 aliphatic heterocycles. The second-order valence-electron chi connectivity index (χ2n) is 4.76. The average molecular weight is 199 g/mol. The summed E-state index contributed by atoms with van der Waals surface area (Å²) in [5, 5.41) is 3.67. The summed E-state index contributed by atoms with van der Waals surface area (Å²) in [4.78, 5) is 0. The van der Waals surface area contributed by atoms with Gasteiger partial charge in [-0.1, -0.05) is 54.4 Å². The maximum absolute atomic E-state index is 3.67. The van der Waals surface area contributed by atoms with Gasteiger partial charge >= 0.3 is 0 Å². The molecule has 2 unspecified atom stereocenters. The molecule has 0 saturated heterocycles. The Morgan fingerprint density at radius 3 is 1.71 bits per heavy atom. The van der Waals surface area contributed by atoms with Gasteiger partial charge in [0, 0.05) is 6.04 Å². The average Bonchev–Trinajstić information content (AvgIpc) is 2.17. The largest absolute Gasteiger partial charge is 0.314 e. The molecule has 0 aromatic carbocycles. The lowest BCUT2D eigenvalue weighted by Crippen LogP contribution is -2.42. The van der Waals surface area contributed by atoms with Crippen LogP contribution >= 0.6 is 0 Å². The lowest BCUT2D eigenvalue weighted by Gasteiger charge is -2.33. The Hall–Kier alpha value is -0.0400. The number of hydrogen-bond acceptors (Lipinski definition) is 1. The Morgan fingerprint density at radius 2 is 1.43 bits per heavy atom. The zero-order chi connectivity index (χ0) is 11.1. The second kappa shape index (κ2) is 7.28. The van der Waals surface area contributed by atoms with Crippen molar-refractivity contribution in [1.29, 1.82) is 0 Å². The molecule has 0 fully saturated rings. The molecule has 1 heteroatoms. The van der Waals surface area contributed by atoms with Crippen LogP contribution in [0.15, 0.2) is 0 Å². The molecule has 0 radical (unpaired) electrons. The molecule has 0 rings (SSSR count). The third kappa shape index (κ3) is 4.00. The zero-order valence-corrected chi connectivity index (χ0v) is 10.9. The van der Waals surface area contributed by atoms with E-state index in [1.165, 1.54) is 12.8 Å². The smallest absolute Gasteiger partial charge is 0.0123 e. The lowest BCUT2D eigenvalue weighted by molar-refractivity contribution is 0.216. The van der Waals surface area contributed by atoms with Crippen LogP contribution in [-0.2, 0) is 0 Å². The zero-order valence-electron chi connectivity index (χ0n) is 10.9. The van der Waals surface area contributed by atoms with E-state index in [-0.39, 0.29) is 0 Å². The second-order valence-corrected chi connectivity index (χ2v) is 4.76. The van der Waals surface area contributed by atoms with E-state index in [4.69, 9.17) is 0 Å². The third-order valence-corrected chi connectivity index (χ3v) is 3.61. The first kappa shape index (κ1) is 14.0. The topological polar surface area (TPSA) is 12.0 Å². The fourth-order valence-electron chi connectivity index (χ4n) is 2.23. The summed E-state index contributed by atoms with van der Waals surface area (Å²) in [5.41, 5.74) is 0. The first-order chi connectivity index (χ1) is 6.58. The van der Waals surface area contributed by atoms with Gasteiger partial charge in [0.15, 0.2) is 0 Å². The van der Waals surface area contributed by atoms with Crippen LogP contribution in [-0.4, -0.2) is 12.6 Å². The van der Waals surface area contributed by atoms with E-state index >= 15 is 0 Å². The molecule has 0 heterocycles. The highest BCUT2D eigenvalue weighted by Gasteiger charge is 2.25. The summed E-state index contributed by atoms with van der Waals surface area (Å²) in [5.74, 6) is 2.40. The van der Waals surface area contributed by atoms with Gasteiger partial charge in [0.2, 0.25) is 0 Å². The SMILES string of the molecule is CCNC(C(CC)CC)C(C)C(C)C. The van der Waals surface area contributed by atoms with Gasteiger partial charge < -0.3 is 5.32 Å². The molecule has 0 spiro atoms. The van der Waals surface area contributed by atoms with Crippen LogP contribution in [0.25, 0.3) is 0 Å². The van der Waals surface area contributed by atoms with E-state index in [1.807, 2.05) is 0 Å². The molecular formula is C13H29N. The molecule has 0 amide bonds. The fourth-order valence-corrected chi connectivity index (χ4v) is 2.23. The first-order valence-electron chi connectivity index (χ1n) is 6.31. The molecule has 14 heavy (non-hydrogen) atoms. The van der Waals surface area contributed by atoms with E-state index < -0.39 is 0 Å². The highest BCUT2D eigenvalue weighted by molar-refractivity contribution is 4.81. The normalized spacial score (nSPS) is 16.3. The summed E-state index contributed by atoms with van der Waals surface area (Å²) in [6, 6.07) is 0.704. The molecule has 0 aromatic heterocycles. The Kier molecular flexibility index (Phi) is 7.26. The maximum atomic E-state index is 3.67. The van der Waals surface area contributed by atoms with Crippen LogP contribution in [0.4, 0.5) is 0 Å². The van der Waals surface area contributed by atoms with E-state index in [2.05, 4.69) is 46.9 Å². The molecule has 0 bridgehead atoms. The summed E-state index contributed by atoms with van der Waals surface area (Å²) in [7, 11) is 0. The molecule has 1 nitrogen and oxygen atoms in total. The maximum Gasteiger partial charge on any atom is 0.0123 e. The highest BCUT2D eigenvalue weighted by Crippen LogP contribution is 2.24. The van der Waals surface area contributed by atoms with Gasteiger partial charge in [-0.25, -0.2) is 0 Å². The van der Waals surface area contributed by atoms with E-state index in [0.717, 1.165) is 24.3 Å².